The van der Waals surface area contributed by atoms with E-state index in [1.807, 2.05) is 0 Å². The number of aromatic amines is 1. The molecule has 116 valence electrons. The van der Waals surface area contributed by atoms with Gasteiger partial charge in [-0.05, 0) is 42.5 Å². The van der Waals surface area contributed by atoms with E-state index in [0.717, 1.165) is 0 Å². The first-order valence-corrected chi connectivity index (χ1v) is 7.23. The molecular formula is C15H9Cl2FN4O. The molecule has 0 saturated heterocycles. The van der Waals surface area contributed by atoms with Crippen LogP contribution in [0, 0.1) is 5.82 Å². The van der Waals surface area contributed by atoms with Crippen molar-refractivity contribution in [2.24, 2.45) is 0 Å². The Morgan fingerprint density at radius 2 is 1.83 bits per heavy atom. The van der Waals surface area contributed by atoms with Gasteiger partial charge in [0.05, 0.1) is 10.0 Å². The van der Waals surface area contributed by atoms with Gasteiger partial charge >= 0.3 is 0 Å². The molecule has 0 atom stereocenters. The highest BCUT2D eigenvalue weighted by Gasteiger charge is 2.12. The molecule has 0 saturated carbocycles. The lowest BCUT2D eigenvalue weighted by atomic mass is 10.2. The molecule has 2 aromatic carbocycles. The van der Waals surface area contributed by atoms with Gasteiger partial charge in [0.2, 0.25) is 5.95 Å². The fourth-order valence-electron chi connectivity index (χ4n) is 1.87. The third kappa shape index (κ3) is 3.49. The van der Waals surface area contributed by atoms with Crippen molar-refractivity contribution in [1.29, 1.82) is 0 Å². The normalized spacial score (nSPS) is 10.6. The first-order valence-electron chi connectivity index (χ1n) is 6.47. The van der Waals surface area contributed by atoms with Crippen LogP contribution in [-0.4, -0.2) is 21.1 Å². The second-order valence-electron chi connectivity index (χ2n) is 4.60. The summed E-state index contributed by atoms with van der Waals surface area (Å²) in [4.78, 5) is 16.2. The van der Waals surface area contributed by atoms with Crippen molar-refractivity contribution in [2.45, 2.75) is 0 Å². The Balaban J connectivity index is 1.77. The van der Waals surface area contributed by atoms with E-state index in [1.165, 1.54) is 30.3 Å². The van der Waals surface area contributed by atoms with E-state index in [2.05, 4.69) is 20.5 Å². The van der Waals surface area contributed by atoms with Gasteiger partial charge in [-0.25, -0.2) is 4.39 Å². The number of rotatable bonds is 3. The number of halogens is 3. The third-order valence-electron chi connectivity index (χ3n) is 3.01. The molecule has 3 aromatic rings. The molecule has 8 heteroatoms. The number of nitrogens with one attached hydrogen (secondary N) is 2. The van der Waals surface area contributed by atoms with Crippen LogP contribution >= 0.6 is 23.2 Å². The molecule has 0 bridgehead atoms. The van der Waals surface area contributed by atoms with Crippen LogP contribution in [-0.2, 0) is 0 Å². The maximum atomic E-state index is 12.9. The summed E-state index contributed by atoms with van der Waals surface area (Å²) < 4.78 is 12.9. The van der Waals surface area contributed by atoms with E-state index < -0.39 is 5.91 Å². The van der Waals surface area contributed by atoms with Gasteiger partial charge in [-0.1, -0.05) is 23.2 Å². The van der Waals surface area contributed by atoms with Crippen molar-refractivity contribution in [2.75, 3.05) is 5.32 Å². The largest absolute Gasteiger partial charge is 0.289 e. The van der Waals surface area contributed by atoms with Crippen LogP contribution in [0.4, 0.5) is 10.3 Å². The fraction of sp³-hybridized carbons (Fsp3) is 0. The summed E-state index contributed by atoms with van der Waals surface area (Å²) in [5.74, 6) is -0.260. The van der Waals surface area contributed by atoms with E-state index >= 15 is 0 Å². The van der Waals surface area contributed by atoms with Crippen LogP contribution in [0.3, 0.4) is 0 Å². The second-order valence-corrected chi connectivity index (χ2v) is 5.41. The fourth-order valence-corrected chi connectivity index (χ4v) is 2.16. The zero-order valence-electron chi connectivity index (χ0n) is 11.5. The first kappa shape index (κ1) is 15.5. The number of hydrogen-bond acceptors (Lipinski definition) is 3. The van der Waals surface area contributed by atoms with Crippen molar-refractivity contribution in [1.82, 2.24) is 15.2 Å². The highest BCUT2D eigenvalue weighted by molar-refractivity contribution is 6.42. The van der Waals surface area contributed by atoms with Crippen molar-refractivity contribution < 1.29 is 9.18 Å². The minimum Gasteiger partial charge on any atom is -0.289 e. The van der Waals surface area contributed by atoms with Crippen molar-refractivity contribution in [3.8, 4) is 11.4 Å². The molecule has 0 unspecified atom stereocenters. The monoisotopic (exact) mass is 350 g/mol. The van der Waals surface area contributed by atoms with Gasteiger partial charge in [0.25, 0.3) is 5.91 Å². The van der Waals surface area contributed by atoms with Crippen LogP contribution in [0.5, 0.6) is 0 Å². The topological polar surface area (TPSA) is 70.7 Å². The molecule has 0 fully saturated rings. The molecule has 23 heavy (non-hydrogen) atoms. The minimum atomic E-state index is -0.423. The van der Waals surface area contributed by atoms with Gasteiger partial charge < -0.3 is 0 Å². The maximum Gasteiger partial charge on any atom is 0.258 e. The van der Waals surface area contributed by atoms with Gasteiger partial charge in [0.15, 0.2) is 5.82 Å². The highest BCUT2D eigenvalue weighted by Crippen LogP contribution is 2.23. The van der Waals surface area contributed by atoms with Gasteiger partial charge in [0, 0.05) is 11.1 Å². The summed E-state index contributed by atoms with van der Waals surface area (Å²) >= 11 is 11.7. The third-order valence-corrected chi connectivity index (χ3v) is 3.75. The quantitative estimate of drug-likeness (QED) is 0.744. The number of aromatic nitrogens is 3. The van der Waals surface area contributed by atoms with E-state index in [-0.39, 0.29) is 16.8 Å². The molecule has 2 N–H and O–H groups in total. The van der Waals surface area contributed by atoms with Gasteiger partial charge in [0.1, 0.15) is 5.82 Å². The summed E-state index contributed by atoms with van der Waals surface area (Å²) in [7, 11) is 0. The Morgan fingerprint density at radius 1 is 1.09 bits per heavy atom. The number of hydrogen-bond donors (Lipinski definition) is 2. The summed E-state index contributed by atoms with van der Waals surface area (Å²) in [5, 5.41) is 9.75. The zero-order valence-corrected chi connectivity index (χ0v) is 13.0. The van der Waals surface area contributed by atoms with E-state index in [0.29, 0.717) is 22.0 Å². The lowest BCUT2D eigenvalue weighted by Crippen LogP contribution is -2.12. The average Bonchev–Trinajstić information content (AvgIpc) is 2.99. The summed E-state index contributed by atoms with van der Waals surface area (Å²) in [6, 6.07) is 10.3. The molecule has 0 radical (unpaired) electrons. The predicted molar refractivity (Wildman–Crippen MR) is 86.2 cm³/mol. The van der Waals surface area contributed by atoms with Crippen LogP contribution < -0.4 is 5.32 Å². The highest BCUT2D eigenvalue weighted by atomic mass is 35.5. The molecule has 1 heterocycles. The number of benzene rings is 2. The first-order chi connectivity index (χ1) is 11.0. The van der Waals surface area contributed by atoms with E-state index in [9.17, 15) is 9.18 Å². The van der Waals surface area contributed by atoms with E-state index in [1.54, 1.807) is 12.1 Å². The van der Waals surface area contributed by atoms with Gasteiger partial charge in [-0.15, -0.1) is 5.10 Å². The van der Waals surface area contributed by atoms with E-state index in [4.69, 9.17) is 23.2 Å². The Kier molecular flexibility index (Phi) is 4.27. The Labute approximate surface area is 140 Å². The molecule has 3 rings (SSSR count). The van der Waals surface area contributed by atoms with Crippen molar-refractivity contribution in [3.05, 3.63) is 63.9 Å². The number of anilines is 1. The number of H-pyrrole nitrogens is 1. The lowest BCUT2D eigenvalue weighted by Gasteiger charge is -2.02. The SMILES string of the molecule is O=C(Nc1n[nH]c(-c2ccc(F)cc2)n1)c1ccc(Cl)c(Cl)c1. The molecule has 1 amide bonds. The van der Waals surface area contributed by atoms with Crippen LogP contribution in [0.2, 0.25) is 10.0 Å². The zero-order chi connectivity index (χ0) is 16.4. The Hall–Kier alpha value is -2.44. The number of carbonyl (C=O) groups excluding carboxylic acids is 1. The summed E-state index contributed by atoms with van der Waals surface area (Å²) in [6.07, 6.45) is 0. The number of carbonyl (C=O) groups is 1. The molecule has 0 aliphatic carbocycles. The molecule has 0 aliphatic rings. The standard InChI is InChI=1S/C15H9Cl2FN4O/c16-11-6-3-9(7-12(11)17)14(23)20-15-19-13(21-22-15)8-1-4-10(18)5-2-8/h1-7H,(H2,19,20,21,22,23). The number of amides is 1. The predicted octanol–water partition coefficient (Wildman–Crippen LogP) is 4.17. The maximum absolute atomic E-state index is 12.9. The molecule has 0 spiro atoms. The van der Waals surface area contributed by atoms with Crippen LogP contribution in [0.25, 0.3) is 11.4 Å². The number of nitrogens with zero attached hydrogens (tertiary/aromatic N) is 2. The lowest BCUT2D eigenvalue weighted by molar-refractivity contribution is 0.102. The average molecular weight is 351 g/mol. The smallest absolute Gasteiger partial charge is 0.258 e. The second kappa shape index (κ2) is 6.36. The Bertz CT molecular complexity index is 864. The minimum absolute atomic E-state index is 0.0976. The van der Waals surface area contributed by atoms with Crippen LogP contribution in [0.1, 0.15) is 10.4 Å². The van der Waals surface area contributed by atoms with Crippen molar-refractivity contribution >= 4 is 35.1 Å². The van der Waals surface area contributed by atoms with Crippen LogP contribution in [0.15, 0.2) is 42.5 Å². The summed E-state index contributed by atoms with van der Waals surface area (Å²) in [5.41, 5.74) is 0.974. The molecule has 5 nitrogen and oxygen atoms in total. The van der Waals surface area contributed by atoms with Gasteiger partial charge in [-0.3, -0.25) is 15.2 Å². The molecular weight excluding hydrogens is 342 g/mol. The van der Waals surface area contributed by atoms with Crippen molar-refractivity contribution in [3.63, 3.8) is 0 Å². The van der Waals surface area contributed by atoms with Gasteiger partial charge in [-0.2, -0.15) is 4.98 Å². The molecule has 0 aliphatic heterocycles. The Morgan fingerprint density at radius 3 is 2.52 bits per heavy atom. The molecule has 1 aromatic heterocycles. The summed E-state index contributed by atoms with van der Waals surface area (Å²) in [6.45, 7) is 0.